The van der Waals surface area contributed by atoms with Crippen LogP contribution in [0, 0.1) is 11.6 Å². The molecule has 1 aromatic rings. The Hall–Kier alpha value is -3.32. The van der Waals surface area contributed by atoms with Crippen LogP contribution in [0.4, 0.5) is 27.6 Å². The Labute approximate surface area is 179 Å². The number of allylic oxidation sites excluding steroid dienone is 1. The van der Waals surface area contributed by atoms with Crippen molar-refractivity contribution in [3.05, 3.63) is 59.1 Å². The number of rotatable bonds is 8. The summed E-state index contributed by atoms with van der Waals surface area (Å²) in [7, 11) is 0. The molecule has 0 fully saturated rings. The normalized spacial score (nSPS) is 18.3. The molecule has 8 nitrogen and oxygen atoms in total. The van der Waals surface area contributed by atoms with Crippen LogP contribution in [0.3, 0.4) is 0 Å². The second-order valence-corrected chi connectivity index (χ2v) is 6.79. The lowest BCUT2D eigenvalue weighted by atomic mass is 10.0. The molecular weight excluding hydrogens is 441 g/mol. The quantitative estimate of drug-likeness (QED) is 0.198. The molecule has 2 unspecified atom stereocenters. The van der Waals surface area contributed by atoms with Gasteiger partial charge in [0.2, 0.25) is 5.91 Å². The maximum Gasteiger partial charge on any atom is 0.418 e. The third-order valence-electron chi connectivity index (χ3n) is 4.39. The number of aliphatic hydroxyl groups excluding tert-OH is 1. The summed E-state index contributed by atoms with van der Waals surface area (Å²) in [5, 5.41) is 22.4. The van der Waals surface area contributed by atoms with Gasteiger partial charge in [-0.1, -0.05) is 0 Å². The van der Waals surface area contributed by atoms with Crippen molar-refractivity contribution in [3.63, 3.8) is 0 Å². The molecule has 0 saturated carbocycles. The van der Waals surface area contributed by atoms with E-state index in [4.69, 9.17) is 4.74 Å². The number of carbonyl (C=O) groups is 1. The van der Waals surface area contributed by atoms with Crippen molar-refractivity contribution in [1.82, 2.24) is 21.3 Å². The van der Waals surface area contributed by atoms with Crippen LogP contribution < -0.4 is 31.3 Å². The van der Waals surface area contributed by atoms with Crippen molar-refractivity contribution in [2.75, 3.05) is 18.4 Å². The minimum Gasteiger partial charge on any atom is -0.451 e. The Morgan fingerprint density at radius 1 is 1.22 bits per heavy atom. The first-order valence-corrected chi connectivity index (χ1v) is 9.36. The van der Waals surface area contributed by atoms with Crippen LogP contribution >= 0.6 is 0 Å². The number of halogens is 5. The maximum atomic E-state index is 14.5. The molecule has 1 aromatic carbocycles. The Kier molecular flexibility index (Phi) is 6.89. The first-order valence-electron chi connectivity index (χ1n) is 9.36. The van der Waals surface area contributed by atoms with E-state index in [-0.39, 0.29) is 36.0 Å². The fourth-order valence-corrected chi connectivity index (χ4v) is 3.03. The molecule has 1 amide bonds. The Balaban J connectivity index is 1.74. The van der Waals surface area contributed by atoms with Gasteiger partial charge in [-0.05, 0) is 6.08 Å². The van der Waals surface area contributed by atoms with Crippen LogP contribution in [0.15, 0.2) is 47.5 Å². The van der Waals surface area contributed by atoms with Gasteiger partial charge in [0.15, 0.2) is 23.7 Å². The molecule has 6 N–H and O–H groups in total. The van der Waals surface area contributed by atoms with Crippen LogP contribution in [-0.2, 0) is 4.79 Å². The van der Waals surface area contributed by atoms with Gasteiger partial charge < -0.3 is 31.1 Å². The molecule has 0 spiro atoms. The molecule has 2 aliphatic rings. The lowest BCUT2D eigenvalue weighted by molar-refractivity contribution is -0.118. The number of benzene rings is 1. The summed E-state index contributed by atoms with van der Waals surface area (Å²) in [6.45, 7) is 1.71. The smallest absolute Gasteiger partial charge is 0.418 e. The topological polar surface area (TPSA) is 107 Å². The first-order chi connectivity index (χ1) is 15.1. The minimum absolute atomic E-state index is 0.151. The molecule has 2 heterocycles. The van der Waals surface area contributed by atoms with Gasteiger partial charge >= 0.3 is 6.18 Å². The second kappa shape index (κ2) is 9.44. The zero-order valence-corrected chi connectivity index (χ0v) is 16.6. The van der Waals surface area contributed by atoms with Crippen molar-refractivity contribution in [2.45, 2.75) is 25.6 Å². The van der Waals surface area contributed by atoms with E-state index in [1.54, 1.807) is 0 Å². The Bertz CT molecular complexity index is 954. The number of anilines is 1. The summed E-state index contributed by atoms with van der Waals surface area (Å²) >= 11 is 0. The van der Waals surface area contributed by atoms with E-state index >= 15 is 0 Å². The zero-order valence-electron chi connectivity index (χ0n) is 16.6. The highest BCUT2D eigenvalue weighted by Crippen LogP contribution is 2.39. The summed E-state index contributed by atoms with van der Waals surface area (Å²) in [5.74, 6) is -3.92. The highest BCUT2D eigenvalue weighted by Gasteiger charge is 2.44. The number of hydrogen-bond donors (Lipinski definition) is 6. The summed E-state index contributed by atoms with van der Waals surface area (Å²) in [4.78, 5) is 10.8. The number of amides is 1. The average Bonchev–Trinajstić information content (AvgIpc) is 3.13. The Morgan fingerprint density at radius 3 is 2.53 bits per heavy atom. The fraction of sp³-hybridized carbons (Fsp3) is 0.316. The van der Waals surface area contributed by atoms with E-state index in [0.29, 0.717) is 0 Å². The van der Waals surface area contributed by atoms with E-state index in [0.717, 1.165) is 24.4 Å². The molecule has 0 bridgehead atoms. The maximum absolute atomic E-state index is 14.5. The largest absolute Gasteiger partial charge is 0.451 e. The number of fused-ring (bicyclic) bond motifs is 1. The van der Waals surface area contributed by atoms with Crippen LogP contribution in [0.1, 0.15) is 6.92 Å². The molecule has 174 valence electrons. The number of aliphatic hydroxyl groups is 1. The lowest BCUT2D eigenvalue weighted by Crippen LogP contribution is -2.40. The van der Waals surface area contributed by atoms with Gasteiger partial charge in [0, 0.05) is 50.2 Å². The molecular formula is C19H20F5N5O3. The van der Waals surface area contributed by atoms with Crippen molar-refractivity contribution >= 4 is 11.6 Å². The molecule has 0 aliphatic carbocycles. The molecule has 0 saturated heterocycles. The van der Waals surface area contributed by atoms with Crippen molar-refractivity contribution in [2.24, 2.45) is 0 Å². The number of hydrogen-bond acceptors (Lipinski definition) is 7. The van der Waals surface area contributed by atoms with Gasteiger partial charge in [-0.25, -0.2) is 8.78 Å². The van der Waals surface area contributed by atoms with Crippen LogP contribution in [0.25, 0.3) is 0 Å². The summed E-state index contributed by atoms with van der Waals surface area (Å²) in [6.07, 6.45) is -3.88. The van der Waals surface area contributed by atoms with Gasteiger partial charge in [0.05, 0.1) is 11.1 Å². The van der Waals surface area contributed by atoms with Crippen molar-refractivity contribution in [1.29, 1.82) is 0 Å². The standard InChI is InChI=1S/C19H20F5N5O3/c1-9(30)25-4-5-27-18(31)29-10-6-12(20)16(13(21)7-10)32-14-2-3-26-17-15(14)11(8-28-17)19(22,23)24/h2-3,6-8,17-18,26-29,31H,4-5H2,1H3,(H,25,30). The molecule has 0 radical (unpaired) electrons. The number of nitrogens with one attached hydrogen (secondary N) is 5. The Morgan fingerprint density at radius 2 is 1.91 bits per heavy atom. The highest BCUT2D eigenvalue weighted by atomic mass is 19.4. The monoisotopic (exact) mass is 461 g/mol. The van der Waals surface area contributed by atoms with Crippen molar-refractivity contribution < 1.29 is 36.6 Å². The SMILES string of the molecule is CC(=O)NCCNC(O)Nc1cc(F)c(OC2=C3C(C(F)(F)F)=CNC3NC=C2)c(F)c1. The van der Waals surface area contributed by atoms with Crippen LogP contribution in [-0.4, -0.2) is 42.8 Å². The summed E-state index contributed by atoms with van der Waals surface area (Å²) in [5.41, 5.74) is -1.51. The average molecular weight is 461 g/mol. The predicted molar refractivity (Wildman–Crippen MR) is 104 cm³/mol. The lowest BCUT2D eigenvalue weighted by Gasteiger charge is -2.24. The molecule has 0 aromatic heterocycles. The molecule has 2 atom stereocenters. The van der Waals surface area contributed by atoms with E-state index < -0.39 is 41.7 Å². The van der Waals surface area contributed by atoms with Gasteiger partial charge in [-0.15, -0.1) is 0 Å². The molecule has 32 heavy (non-hydrogen) atoms. The number of dihydropyridines is 1. The van der Waals surface area contributed by atoms with Gasteiger partial charge in [-0.2, -0.15) is 13.2 Å². The van der Waals surface area contributed by atoms with E-state index in [9.17, 15) is 31.9 Å². The second-order valence-electron chi connectivity index (χ2n) is 6.79. The van der Waals surface area contributed by atoms with Gasteiger partial charge in [-0.3, -0.25) is 10.1 Å². The highest BCUT2D eigenvalue weighted by molar-refractivity contribution is 5.72. The molecule has 3 rings (SSSR count). The van der Waals surface area contributed by atoms with Gasteiger partial charge in [0.25, 0.3) is 0 Å². The summed E-state index contributed by atoms with van der Waals surface area (Å²) in [6, 6.07) is 1.63. The molecule has 13 heteroatoms. The number of carbonyl (C=O) groups excluding carboxylic acids is 1. The minimum atomic E-state index is -4.70. The third kappa shape index (κ3) is 5.48. The molecule has 2 aliphatic heterocycles. The van der Waals surface area contributed by atoms with E-state index in [2.05, 4.69) is 26.6 Å². The van der Waals surface area contributed by atoms with Crippen LogP contribution in [0.5, 0.6) is 5.75 Å². The van der Waals surface area contributed by atoms with Gasteiger partial charge in [0.1, 0.15) is 11.9 Å². The summed E-state index contributed by atoms with van der Waals surface area (Å²) < 4.78 is 74.0. The number of alkyl halides is 3. The van der Waals surface area contributed by atoms with E-state index in [1.807, 2.05) is 0 Å². The van der Waals surface area contributed by atoms with Crippen LogP contribution in [0.2, 0.25) is 0 Å². The first kappa shape index (κ1) is 23.3. The number of ether oxygens (including phenoxy) is 1. The fourth-order valence-electron chi connectivity index (χ4n) is 3.03. The predicted octanol–water partition coefficient (Wildman–Crippen LogP) is 1.50. The van der Waals surface area contributed by atoms with Crippen molar-refractivity contribution in [3.8, 4) is 5.75 Å². The third-order valence-corrected chi connectivity index (χ3v) is 4.39. The zero-order chi connectivity index (χ0) is 23.5. The van der Waals surface area contributed by atoms with E-state index in [1.165, 1.54) is 13.1 Å².